The van der Waals surface area contributed by atoms with Gasteiger partial charge in [0.05, 0.1) is 5.39 Å². The van der Waals surface area contributed by atoms with Crippen LogP contribution in [0.5, 0.6) is 0 Å². The zero-order valence-corrected chi connectivity index (χ0v) is 19.4. The van der Waals surface area contributed by atoms with Crippen molar-refractivity contribution < 1.29 is 9.18 Å². The summed E-state index contributed by atoms with van der Waals surface area (Å²) in [6, 6.07) is 6.60. The first-order valence-electron chi connectivity index (χ1n) is 11.3. The summed E-state index contributed by atoms with van der Waals surface area (Å²) < 4.78 is 13.2. The van der Waals surface area contributed by atoms with E-state index in [2.05, 4.69) is 33.6 Å². The Balaban J connectivity index is 1.19. The van der Waals surface area contributed by atoms with Crippen molar-refractivity contribution in [3.63, 3.8) is 0 Å². The van der Waals surface area contributed by atoms with E-state index in [0.29, 0.717) is 0 Å². The number of carbonyl (C=O) groups is 1. The van der Waals surface area contributed by atoms with E-state index >= 15 is 0 Å². The molecule has 2 fully saturated rings. The van der Waals surface area contributed by atoms with Crippen LogP contribution in [-0.2, 0) is 4.79 Å². The number of aryl methyl sites for hydroxylation is 2. The van der Waals surface area contributed by atoms with E-state index in [1.54, 1.807) is 17.7 Å². The molecule has 3 aromatic rings. The van der Waals surface area contributed by atoms with Crippen molar-refractivity contribution in [3.8, 4) is 0 Å². The van der Waals surface area contributed by atoms with Crippen molar-refractivity contribution in [2.75, 3.05) is 49.1 Å². The van der Waals surface area contributed by atoms with Crippen molar-refractivity contribution in [3.05, 3.63) is 46.9 Å². The monoisotopic (exact) mass is 453 g/mol. The Kier molecular flexibility index (Phi) is 5.71. The fraction of sp³-hybridized carbons (Fsp3) is 0.458. The first-order valence-corrected chi connectivity index (χ1v) is 12.1. The highest BCUT2D eigenvalue weighted by atomic mass is 32.1. The first-order chi connectivity index (χ1) is 15.5. The lowest BCUT2D eigenvalue weighted by atomic mass is 9.94. The summed E-state index contributed by atoms with van der Waals surface area (Å²) in [6.45, 7) is 8.96. The van der Waals surface area contributed by atoms with Gasteiger partial charge in [0.1, 0.15) is 22.8 Å². The molecule has 2 aliphatic heterocycles. The minimum atomic E-state index is -0.221. The minimum absolute atomic E-state index is 0.0752. The molecule has 8 heteroatoms. The van der Waals surface area contributed by atoms with E-state index in [9.17, 15) is 9.18 Å². The van der Waals surface area contributed by atoms with Crippen LogP contribution in [0.1, 0.15) is 23.3 Å². The zero-order chi connectivity index (χ0) is 22.2. The molecule has 0 saturated carbocycles. The van der Waals surface area contributed by atoms with Gasteiger partial charge in [0.15, 0.2) is 0 Å². The molecule has 0 bridgehead atoms. The van der Waals surface area contributed by atoms with E-state index in [0.717, 1.165) is 73.8 Å². The number of hydrogen-bond acceptors (Lipinski definition) is 6. The molecule has 4 heterocycles. The molecule has 0 spiro atoms. The predicted octanol–water partition coefficient (Wildman–Crippen LogP) is 4.01. The van der Waals surface area contributed by atoms with Gasteiger partial charge in [-0.05, 0) is 56.5 Å². The fourth-order valence-electron chi connectivity index (χ4n) is 4.84. The second kappa shape index (κ2) is 8.65. The van der Waals surface area contributed by atoms with E-state index in [4.69, 9.17) is 0 Å². The Morgan fingerprint density at radius 2 is 1.66 bits per heavy atom. The van der Waals surface area contributed by atoms with Gasteiger partial charge in [-0.15, -0.1) is 11.3 Å². The van der Waals surface area contributed by atoms with Crippen molar-refractivity contribution in [2.45, 2.75) is 26.7 Å². The summed E-state index contributed by atoms with van der Waals surface area (Å²) in [4.78, 5) is 31.1. The number of benzene rings is 1. The highest BCUT2D eigenvalue weighted by Crippen LogP contribution is 2.35. The number of fused-ring (bicyclic) bond motifs is 1. The van der Waals surface area contributed by atoms with Gasteiger partial charge in [-0.3, -0.25) is 4.79 Å². The van der Waals surface area contributed by atoms with Gasteiger partial charge in [0.2, 0.25) is 5.91 Å². The molecule has 2 saturated heterocycles. The Bertz CT molecular complexity index is 1120. The molecule has 2 aromatic heterocycles. The minimum Gasteiger partial charge on any atom is -0.368 e. The Hall–Kier alpha value is -2.74. The van der Waals surface area contributed by atoms with Gasteiger partial charge in [-0.25, -0.2) is 14.4 Å². The summed E-state index contributed by atoms with van der Waals surface area (Å²) in [5.41, 5.74) is 2.28. The molecule has 1 aromatic carbocycles. The van der Waals surface area contributed by atoms with Crippen molar-refractivity contribution in [2.24, 2.45) is 5.92 Å². The van der Waals surface area contributed by atoms with E-state index in [-0.39, 0.29) is 17.6 Å². The number of nitrogens with zero attached hydrogens (tertiary/aromatic N) is 5. The second-order valence-electron chi connectivity index (χ2n) is 8.71. The van der Waals surface area contributed by atoms with Crippen LogP contribution in [-0.4, -0.2) is 60.0 Å². The Morgan fingerprint density at radius 3 is 2.34 bits per heavy atom. The number of carbonyl (C=O) groups excluding carboxylic acids is 1. The maximum atomic E-state index is 13.2. The molecule has 5 rings (SSSR count). The SMILES string of the molecule is Cc1sc2ncnc(N3CCC(C(=O)N4CCN(c5ccc(F)cc5)CC4)CC3)c2c1C. The molecule has 0 unspecified atom stereocenters. The average Bonchev–Trinajstić information content (AvgIpc) is 3.13. The lowest BCUT2D eigenvalue weighted by Gasteiger charge is -2.39. The number of aromatic nitrogens is 2. The van der Waals surface area contributed by atoms with Crippen LogP contribution in [0.15, 0.2) is 30.6 Å². The van der Waals surface area contributed by atoms with E-state index < -0.39 is 0 Å². The molecular weight excluding hydrogens is 425 g/mol. The highest BCUT2D eigenvalue weighted by Gasteiger charge is 2.31. The third-order valence-electron chi connectivity index (χ3n) is 6.87. The zero-order valence-electron chi connectivity index (χ0n) is 18.6. The number of anilines is 2. The molecule has 168 valence electrons. The summed E-state index contributed by atoms with van der Waals surface area (Å²) >= 11 is 1.72. The number of amides is 1. The van der Waals surface area contributed by atoms with Gasteiger partial charge in [-0.2, -0.15) is 0 Å². The second-order valence-corrected chi connectivity index (χ2v) is 9.91. The van der Waals surface area contributed by atoms with Crippen LogP contribution in [0.4, 0.5) is 15.9 Å². The molecule has 0 N–H and O–H groups in total. The first kappa shape index (κ1) is 21.1. The van der Waals surface area contributed by atoms with Gasteiger partial charge in [-0.1, -0.05) is 0 Å². The van der Waals surface area contributed by atoms with Crippen molar-refractivity contribution in [1.82, 2.24) is 14.9 Å². The number of hydrogen-bond donors (Lipinski definition) is 0. The van der Waals surface area contributed by atoms with Crippen LogP contribution < -0.4 is 9.80 Å². The maximum absolute atomic E-state index is 13.2. The van der Waals surface area contributed by atoms with E-state index in [1.165, 1.54) is 22.6 Å². The summed E-state index contributed by atoms with van der Waals surface area (Å²) in [7, 11) is 0. The molecule has 0 atom stereocenters. The van der Waals surface area contributed by atoms with Gasteiger partial charge >= 0.3 is 0 Å². The van der Waals surface area contributed by atoms with Crippen LogP contribution in [0.25, 0.3) is 10.2 Å². The van der Waals surface area contributed by atoms with Crippen LogP contribution in [0.2, 0.25) is 0 Å². The Labute approximate surface area is 191 Å². The molecule has 32 heavy (non-hydrogen) atoms. The normalized spacial score (nSPS) is 17.9. The number of halogens is 1. The molecule has 1 amide bonds. The quantitative estimate of drug-likeness (QED) is 0.600. The largest absolute Gasteiger partial charge is 0.368 e. The van der Waals surface area contributed by atoms with Gasteiger partial charge < -0.3 is 14.7 Å². The standard InChI is InChI=1S/C24H28FN5OS/c1-16-17(2)32-23-21(16)22(26-15-27-23)29-9-7-18(8-10-29)24(31)30-13-11-28(12-14-30)20-5-3-19(25)4-6-20/h3-6,15,18H,7-14H2,1-2H3. The molecule has 2 aliphatic rings. The molecule has 0 aliphatic carbocycles. The lowest BCUT2D eigenvalue weighted by molar-refractivity contribution is -0.136. The van der Waals surface area contributed by atoms with Crippen LogP contribution in [0.3, 0.4) is 0 Å². The molecule has 0 radical (unpaired) electrons. The van der Waals surface area contributed by atoms with Crippen LogP contribution in [0, 0.1) is 25.6 Å². The smallest absolute Gasteiger partial charge is 0.225 e. The van der Waals surface area contributed by atoms with Gasteiger partial charge in [0, 0.05) is 55.8 Å². The molecule has 6 nitrogen and oxygen atoms in total. The fourth-order valence-corrected chi connectivity index (χ4v) is 5.83. The average molecular weight is 454 g/mol. The number of rotatable bonds is 3. The predicted molar refractivity (Wildman–Crippen MR) is 127 cm³/mol. The third kappa shape index (κ3) is 3.92. The summed E-state index contributed by atoms with van der Waals surface area (Å²) in [5, 5.41) is 1.16. The van der Waals surface area contributed by atoms with Gasteiger partial charge in [0.25, 0.3) is 0 Å². The topological polar surface area (TPSA) is 52.6 Å². The summed E-state index contributed by atoms with van der Waals surface area (Å²) in [5.74, 6) is 1.14. The van der Waals surface area contributed by atoms with E-state index in [1.807, 2.05) is 17.0 Å². The van der Waals surface area contributed by atoms with Crippen molar-refractivity contribution >= 4 is 39.0 Å². The maximum Gasteiger partial charge on any atom is 0.225 e. The number of piperazine rings is 1. The molecular formula is C24H28FN5OS. The number of thiophene rings is 1. The van der Waals surface area contributed by atoms with Crippen molar-refractivity contribution in [1.29, 1.82) is 0 Å². The highest BCUT2D eigenvalue weighted by molar-refractivity contribution is 7.18. The summed E-state index contributed by atoms with van der Waals surface area (Å²) in [6.07, 6.45) is 3.36. The Morgan fingerprint density at radius 1 is 0.969 bits per heavy atom. The lowest BCUT2D eigenvalue weighted by Crippen LogP contribution is -2.51. The van der Waals surface area contributed by atoms with Crippen LogP contribution >= 0.6 is 11.3 Å². The number of piperidine rings is 1. The third-order valence-corrected chi connectivity index (χ3v) is 7.99.